The summed E-state index contributed by atoms with van der Waals surface area (Å²) < 4.78 is 4.95. The summed E-state index contributed by atoms with van der Waals surface area (Å²) in [5.74, 6) is -0.990. The van der Waals surface area contributed by atoms with Gasteiger partial charge in [0.2, 0.25) is 11.8 Å². The summed E-state index contributed by atoms with van der Waals surface area (Å²) in [4.78, 5) is 21.9. The molecule has 1 aromatic rings. The van der Waals surface area contributed by atoms with Gasteiger partial charge in [-0.1, -0.05) is 0 Å². The molecule has 0 aromatic heterocycles. The molecule has 86 valence electrons. The van der Waals surface area contributed by atoms with E-state index in [1.54, 1.807) is 0 Å². The summed E-state index contributed by atoms with van der Waals surface area (Å²) in [6.07, 6.45) is 0. The van der Waals surface area contributed by atoms with E-state index in [1.807, 2.05) is 0 Å². The molecule has 6 heteroatoms. The fourth-order valence-electron chi connectivity index (χ4n) is 1.18. The van der Waals surface area contributed by atoms with Gasteiger partial charge in [-0.3, -0.25) is 14.8 Å². The lowest BCUT2D eigenvalue weighted by molar-refractivity contribution is -0.121. The lowest BCUT2D eigenvalue weighted by Gasteiger charge is -2.16. The van der Waals surface area contributed by atoms with Crippen molar-refractivity contribution in [2.24, 2.45) is 5.73 Å². The summed E-state index contributed by atoms with van der Waals surface area (Å²) in [6, 6.07) is 4.12. The molecule has 0 aliphatic carbocycles. The van der Waals surface area contributed by atoms with Crippen LogP contribution in [0.5, 0.6) is 5.75 Å². The quantitative estimate of drug-likeness (QED) is 0.578. The number of nitrogens with zero attached hydrogens (tertiary/aromatic N) is 1. The van der Waals surface area contributed by atoms with Gasteiger partial charge in [0.05, 0.1) is 7.11 Å². The molecule has 0 bridgehead atoms. The van der Waals surface area contributed by atoms with Crippen molar-refractivity contribution in [3.8, 4) is 5.75 Å². The van der Waals surface area contributed by atoms with Crippen molar-refractivity contribution in [2.75, 3.05) is 12.2 Å². The number of nitrogens with two attached hydrogens (primary N) is 1. The molecule has 0 aliphatic rings. The Morgan fingerprint density at radius 1 is 1.44 bits per heavy atom. The van der Waals surface area contributed by atoms with Crippen molar-refractivity contribution in [2.45, 2.75) is 6.92 Å². The van der Waals surface area contributed by atoms with Crippen LogP contribution in [0.3, 0.4) is 0 Å². The first-order chi connectivity index (χ1) is 7.47. The zero-order valence-electron chi connectivity index (χ0n) is 8.93. The Morgan fingerprint density at radius 3 is 2.50 bits per heavy atom. The molecule has 0 fully saturated rings. The smallest absolute Gasteiger partial charge is 0.248 e. The SMILES string of the molecule is COc1cc(C(N)=O)ccc1N(O)C(C)=O. The Labute approximate surface area is 92.2 Å². The number of carbonyl (C=O) groups is 2. The Hall–Kier alpha value is -2.08. The second-order valence-electron chi connectivity index (χ2n) is 3.08. The second-order valence-corrected chi connectivity index (χ2v) is 3.08. The number of ether oxygens (including phenoxy) is 1. The molecule has 0 aliphatic heterocycles. The minimum absolute atomic E-state index is 0.153. The number of hydrogen-bond donors (Lipinski definition) is 2. The molecule has 0 unspecified atom stereocenters. The van der Waals surface area contributed by atoms with E-state index >= 15 is 0 Å². The van der Waals surface area contributed by atoms with Crippen molar-refractivity contribution >= 4 is 17.5 Å². The monoisotopic (exact) mass is 224 g/mol. The fourth-order valence-corrected chi connectivity index (χ4v) is 1.18. The number of hydrogen-bond acceptors (Lipinski definition) is 4. The maximum absolute atomic E-state index is 11.0. The standard InChI is InChI=1S/C10H12N2O4/c1-6(13)12(15)8-4-3-7(10(11)14)5-9(8)16-2/h3-5,15H,1-2H3,(H2,11,14). The Bertz CT molecular complexity index is 431. The number of rotatable bonds is 3. The van der Waals surface area contributed by atoms with Crippen LogP contribution in [-0.4, -0.2) is 24.1 Å². The number of hydroxylamine groups is 1. The molecule has 0 saturated heterocycles. The van der Waals surface area contributed by atoms with E-state index in [4.69, 9.17) is 10.5 Å². The van der Waals surface area contributed by atoms with Gasteiger partial charge in [-0.25, -0.2) is 0 Å². The highest BCUT2D eigenvalue weighted by Crippen LogP contribution is 2.28. The molecule has 1 aromatic carbocycles. The topological polar surface area (TPSA) is 92.9 Å². The van der Waals surface area contributed by atoms with Crippen LogP contribution in [0.1, 0.15) is 17.3 Å². The van der Waals surface area contributed by atoms with Crippen molar-refractivity contribution < 1.29 is 19.5 Å². The molecule has 0 atom stereocenters. The van der Waals surface area contributed by atoms with Gasteiger partial charge in [0.15, 0.2) is 0 Å². The lowest BCUT2D eigenvalue weighted by Crippen LogP contribution is -2.24. The highest BCUT2D eigenvalue weighted by molar-refractivity contribution is 5.96. The van der Waals surface area contributed by atoms with Gasteiger partial charge in [0, 0.05) is 12.5 Å². The highest BCUT2D eigenvalue weighted by Gasteiger charge is 2.15. The van der Waals surface area contributed by atoms with Gasteiger partial charge in [0.25, 0.3) is 0 Å². The molecule has 0 radical (unpaired) electrons. The minimum Gasteiger partial charge on any atom is -0.494 e. The minimum atomic E-state index is -0.614. The normalized spacial score (nSPS) is 9.69. The van der Waals surface area contributed by atoms with Crippen LogP contribution in [0.2, 0.25) is 0 Å². The molecule has 0 heterocycles. The lowest BCUT2D eigenvalue weighted by atomic mass is 10.1. The van der Waals surface area contributed by atoms with E-state index in [2.05, 4.69) is 0 Å². The van der Waals surface area contributed by atoms with Gasteiger partial charge in [-0.05, 0) is 18.2 Å². The number of carbonyl (C=O) groups excluding carboxylic acids is 2. The maximum atomic E-state index is 11.0. The third kappa shape index (κ3) is 2.29. The Morgan fingerprint density at radius 2 is 2.06 bits per heavy atom. The molecule has 1 rings (SSSR count). The van der Waals surface area contributed by atoms with Crippen LogP contribution in [0.25, 0.3) is 0 Å². The van der Waals surface area contributed by atoms with Crippen molar-refractivity contribution in [3.05, 3.63) is 23.8 Å². The number of primary amides is 1. The molecule has 6 nitrogen and oxygen atoms in total. The van der Waals surface area contributed by atoms with Gasteiger partial charge in [-0.2, -0.15) is 5.06 Å². The van der Waals surface area contributed by atoms with Gasteiger partial charge in [-0.15, -0.1) is 0 Å². The third-order valence-corrected chi connectivity index (χ3v) is 1.99. The fraction of sp³-hybridized carbons (Fsp3) is 0.200. The van der Waals surface area contributed by atoms with E-state index in [0.29, 0.717) is 5.06 Å². The number of amides is 2. The predicted octanol–water partition coefficient (Wildman–Crippen LogP) is 0.536. The van der Waals surface area contributed by atoms with E-state index in [0.717, 1.165) is 0 Å². The first-order valence-electron chi connectivity index (χ1n) is 4.44. The van der Waals surface area contributed by atoms with Gasteiger partial charge < -0.3 is 10.5 Å². The second kappa shape index (κ2) is 4.63. The Balaban J connectivity index is 3.21. The maximum Gasteiger partial charge on any atom is 0.248 e. The molecular weight excluding hydrogens is 212 g/mol. The van der Waals surface area contributed by atoms with Crippen molar-refractivity contribution in [1.82, 2.24) is 0 Å². The van der Waals surface area contributed by atoms with E-state index < -0.39 is 11.8 Å². The molecule has 3 N–H and O–H groups in total. The molecular formula is C10H12N2O4. The first kappa shape index (κ1) is 12.0. The summed E-state index contributed by atoms with van der Waals surface area (Å²) in [6.45, 7) is 1.20. The molecule has 0 spiro atoms. The van der Waals surface area contributed by atoms with Crippen LogP contribution < -0.4 is 15.5 Å². The van der Waals surface area contributed by atoms with Crippen molar-refractivity contribution in [1.29, 1.82) is 0 Å². The van der Waals surface area contributed by atoms with Crippen molar-refractivity contribution in [3.63, 3.8) is 0 Å². The van der Waals surface area contributed by atoms with E-state index in [1.165, 1.54) is 32.2 Å². The van der Waals surface area contributed by atoms with Crippen LogP contribution in [-0.2, 0) is 4.79 Å². The number of methoxy groups -OCH3 is 1. The first-order valence-corrected chi connectivity index (χ1v) is 4.44. The Kier molecular flexibility index (Phi) is 3.47. The van der Waals surface area contributed by atoms with Gasteiger partial charge >= 0.3 is 0 Å². The largest absolute Gasteiger partial charge is 0.494 e. The highest BCUT2D eigenvalue weighted by atomic mass is 16.5. The van der Waals surface area contributed by atoms with Crippen LogP contribution in [0.4, 0.5) is 5.69 Å². The summed E-state index contributed by atoms with van der Waals surface area (Å²) in [5.41, 5.74) is 5.47. The molecule has 2 amide bonds. The van der Waals surface area contributed by atoms with Crippen LogP contribution in [0.15, 0.2) is 18.2 Å². The third-order valence-electron chi connectivity index (χ3n) is 1.99. The predicted molar refractivity (Wildman–Crippen MR) is 56.5 cm³/mol. The van der Waals surface area contributed by atoms with Crippen LogP contribution in [0, 0.1) is 0 Å². The summed E-state index contributed by atoms with van der Waals surface area (Å²) in [5, 5.41) is 9.86. The average molecular weight is 224 g/mol. The number of anilines is 1. The van der Waals surface area contributed by atoms with E-state index in [9.17, 15) is 14.8 Å². The van der Waals surface area contributed by atoms with E-state index in [-0.39, 0.29) is 17.0 Å². The summed E-state index contributed by atoms with van der Waals surface area (Å²) >= 11 is 0. The zero-order valence-corrected chi connectivity index (χ0v) is 8.93. The molecule has 0 saturated carbocycles. The van der Waals surface area contributed by atoms with Gasteiger partial charge in [0.1, 0.15) is 11.4 Å². The molecule has 16 heavy (non-hydrogen) atoms. The summed E-state index contributed by atoms with van der Waals surface area (Å²) in [7, 11) is 1.36. The number of benzene rings is 1. The zero-order chi connectivity index (χ0) is 12.3. The van der Waals surface area contributed by atoms with Crippen LogP contribution >= 0.6 is 0 Å². The average Bonchev–Trinajstić information content (AvgIpc) is 2.26.